The molecule has 1 unspecified atom stereocenters. The molecule has 0 bridgehead atoms. The first-order valence-electron chi connectivity index (χ1n) is 8.83. The number of benzene rings is 2. The van der Waals surface area contributed by atoms with E-state index in [2.05, 4.69) is 0 Å². The lowest BCUT2D eigenvalue weighted by atomic mass is 9.95. The molecule has 7 heteroatoms. The first-order valence-corrected chi connectivity index (χ1v) is 8.83. The molecule has 1 aliphatic rings. The van der Waals surface area contributed by atoms with Crippen molar-refractivity contribution in [1.29, 1.82) is 0 Å². The van der Waals surface area contributed by atoms with Crippen LogP contribution in [0.4, 0.5) is 0 Å². The minimum atomic E-state index is -0.718. The molecule has 2 aromatic carbocycles. The fraction of sp³-hybridized carbons (Fsp3) is 0.350. The van der Waals surface area contributed by atoms with Gasteiger partial charge in [-0.1, -0.05) is 12.1 Å². The molecule has 1 N–H and O–H groups in total. The maximum Gasteiger partial charge on any atom is 0.329 e. The highest BCUT2D eigenvalue weighted by Crippen LogP contribution is 2.39. The fourth-order valence-electron chi connectivity index (χ4n) is 3.95. The van der Waals surface area contributed by atoms with Crippen LogP contribution in [-0.4, -0.2) is 39.9 Å². The first-order chi connectivity index (χ1) is 13.0. The van der Waals surface area contributed by atoms with Gasteiger partial charge in [0.25, 0.3) is 0 Å². The summed E-state index contributed by atoms with van der Waals surface area (Å²) in [7, 11) is 4.98. The van der Waals surface area contributed by atoms with Crippen LogP contribution in [0, 0.1) is 0 Å². The SMILES string of the molecule is COc1ccc(OC)c2c1CN(Cn1c(=O)n(C)c3ccccc31)CC2O. The molecule has 0 saturated carbocycles. The van der Waals surface area contributed by atoms with E-state index in [4.69, 9.17) is 9.47 Å². The summed E-state index contributed by atoms with van der Waals surface area (Å²) in [5.74, 6) is 1.36. The van der Waals surface area contributed by atoms with Crippen LogP contribution < -0.4 is 15.2 Å². The van der Waals surface area contributed by atoms with Crippen LogP contribution in [0.5, 0.6) is 11.5 Å². The van der Waals surface area contributed by atoms with Crippen molar-refractivity contribution < 1.29 is 14.6 Å². The Labute approximate surface area is 157 Å². The number of nitrogens with zero attached hydrogens (tertiary/aromatic N) is 3. The van der Waals surface area contributed by atoms with Gasteiger partial charge in [-0.05, 0) is 24.3 Å². The number of β-amino-alcohol motifs (C(OH)–C–C–N with tert-alkyl or cyclic N) is 1. The fourth-order valence-corrected chi connectivity index (χ4v) is 3.95. The minimum absolute atomic E-state index is 0.0749. The summed E-state index contributed by atoms with van der Waals surface area (Å²) in [5.41, 5.74) is 3.35. The van der Waals surface area contributed by atoms with Crippen LogP contribution in [-0.2, 0) is 20.3 Å². The number of aryl methyl sites for hydroxylation is 1. The van der Waals surface area contributed by atoms with Gasteiger partial charge in [0.2, 0.25) is 0 Å². The zero-order chi connectivity index (χ0) is 19.1. The van der Waals surface area contributed by atoms with Gasteiger partial charge in [-0.3, -0.25) is 14.0 Å². The largest absolute Gasteiger partial charge is 0.496 e. The predicted molar refractivity (Wildman–Crippen MR) is 102 cm³/mol. The number of fused-ring (bicyclic) bond motifs is 2. The van der Waals surface area contributed by atoms with Crippen LogP contribution >= 0.6 is 0 Å². The van der Waals surface area contributed by atoms with Crippen LogP contribution in [0.1, 0.15) is 17.2 Å². The summed E-state index contributed by atoms with van der Waals surface area (Å²) in [6.45, 7) is 1.35. The highest BCUT2D eigenvalue weighted by Gasteiger charge is 2.30. The molecule has 27 heavy (non-hydrogen) atoms. The topological polar surface area (TPSA) is 68.9 Å². The average Bonchev–Trinajstić information content (AvgIpc) is 2.92. The zero-order valence-electron chi connectivity index (χ0n) is 15.7. The number of methoxy groups -OCH3 is 2. The van der Waals surface area contributed by atoms with Crippen molar-refractivity contribution in [3.05, 3.63) is 58.0 Å². The summed E-state index contributed by atoms with van der Waals surface area (Å²) >= 11 is 0. The van der Waals surface area contributed by atoms with E-state index in [0.29, 0.717) is 31.3 Å². The monoisotopic (exact) mass is 369 g/mol. The van der Waals surface area contributed by atoms with Gasteiger partial charge in [-0.25, -0.2) is 4.79 Å². The average molecular weight is 369 g/mol. The molecule has 2 heterocycles. The summed E-state index contributed by atoms with van der Waals surface area (Å²) in [6.07, 6.45) is -0.718. The molecule has 0 radical (unpaired) electrons. The van der Waals surface area contributed by atoms with Crippen molar-refractivity contribution in [1.82, 2.24) is 14.0 Å². The molecule has 3 aromatic rings. The standard InChI is InChI=1S/C20H23N3O4/c1-21-14-6-4-5-7-15(14)23(20(21)25)12-22-10-13-17(26-2)8-9-18(27-3)19(13)16(24)11-22/h4-9,16,24H,10-12H2,1-3H3. The minimum Gasteiger partial charge on any atom is -0.496 e. The van der Waals surface area contributed by atoms with Crippen LogP contribution in [0.2, 0.25) is 0 Å². The predicted octanol–water partition coefficient (Wildman–Crippen LogP) is 1.86. The van der Waals surface area contributed by atoms with Crippen molar-refractivity contribution in [2.24, 2.45) is 7.05 Å². The number of imidazole rings is 1. The Kier molecular flexibility index (Phi) is 4.41. The number of hydrogen-bond acceptors (Lipinski definition) is 5. The second-order valence-corrected chi connectivity index (χ2v) is 6.79. The first kappa shape index (κ1) is 17.6. The summed E-state index contributed by atoms with van der Waals surface area (Å²) < 4.78 is 14.3. The number of para-hydroxylation sites is 2. The Bertz CT molecular complexity index is 1050. The molecular weight excluding hydrogens is 346 g/mol. The van der Waals surface area contributed by atoms with E-state index in [1.807, 2.05) is 41.3 Å². The smallest absolute Gasteiger partial charge is 0.329 e. The highest BCUT2D eigenvalue weighted by atomic mass is 16.5. The van der Waals surface area contributed by atoms with E-state index >= 15 is 0 Å². The normalized spacial score (nSPS) is 17.1. The number of ether oxygens (including phenoxy) is 2. The highest BCUT2D eigenvalue weighted by molar-refractivity contribution is 5.75. The van der Waals surface area contributed by atoms with Gasteiger partial charge in [-0.2, -0.15) is 0 Å². The number of rotatable bonds is 4. The van der Waals surface area contributed by atoms with Crippen molar-refractivity contribution in [3.63, 3.8) is 0 Å². The summed E-state index contributed by atoms with van der Waals surface area (Å²) in [6, 6.07) is 11.4. The van der Waals surface area contributed by atoms with Gasteiger partial charge in [0.15, 0.2) is 0 Å². The molecule has 0 fully saturated rings. The van der Waals surface area contributed by atoms with Gasteiger partial charge < -0.3 is 14.6 Å². The maximum atomic E-state index is 12.7. The molecule has 0 aliphatic carbocycles. The molecule has 7 nitrogen and oxygen atoms in total. The molecule has 142 valence electrons. The number of aromatic nitrogens is 2. The van der Waals surface area contributed by atoms with Gasteiger partial charge in [-0.15, -0.1) is 0 Å². The number of aliphatic hydroxyl groups excluding tert-OH is 1. The number of hydrogen-bond donors (Lipinski definition) is 1. The molecular formula is C20H23N3O4. The third-order valence-electron chi connectivity index (χ3n) is 5.25. The second-order valence-electron chi connectivity index (χ2n) is 6.79. The van der Waals surface area contributed by atoms with Crippen molar-refractivity contribution in [2.45, 2.75) is 19.3 Å². The van der Waals surface area contributed by atoms with Crippen LogP contribution in [0.15, 0.2) is 41.2 Å². The molecule has 0 spiro atoms. The Morgan fingerprint density at radius 1 is 1.07 bits per heavy atom. The van der Waals surface area contributed by atoms with E-state index in [-0.39, 0.29) is 5.69 Å². The summed E-state index contributed by atoms with van der Waals surface area (Å²) in [5, 5.41) is 10.8. The lowest BCUT2D eigenvalue weighted by molar-refractivity contribution is 0.0705. The third kappa shape index (κ3) is 2.79. The second kappa shape index (κ2) is 6.75. The Hall–Kier alpha value is -2.77. The van der Waals surface area contributed by atoms with Gasteiger partial charge in [0, 0.05) is 31.3 Å². The van der Waals surface area contributed by atoms with E-state index in [1.165, 1.54) is 0 Å². The maximum absolute atomic E-state index is 12.7. The van der Waals surface area contributed by atoms with Gasteiger partial charge in [0.05, 0.1) is 38.0 Å². The van der Waals surface area contributed by atoms with Gasteiger partial charge >= 0.3 is 5.69 Å². The van der Waals surface area contributed by atoms with Gasteiger partial charge in [0.1, 0.15) is 11.5 Å². The molecule has 0 saturated heterocycles. The lowest BCUT2D eigenvalue weighted by Gasteiger charge is -2.34. The molecule has 4 rings (SSSR count). The van der Waals surface area contributed by atoms with E-state index in [9.17, 15) is 9.90 Å². The molecule has 1 atom stereocenters. The third-order valence-corrected chi connectivity index (χ3v) is 5.25. The Morgan fingerprint density at radius 3 is 2.44 bits per heavy atom. The molecule has 1 aliphatic heterocycles. The number of aliphatic hydroxyl groups is 1. The summed E-state index contributed by atoms with van der Waals surface area (Å²) in [4.78, 5) is 14.7. The lowest BCUT2D eigenvalue weighted by Crippen LogP contribution is -2.38. The van der Waals surface area contributed by atoms with Crippen molar-refractivity contribution >= 4 is 11.0 Å². The Morgan fingerprint density at radius 2 is 1.74 bits per heavy atom. The van der Waals surface area contributed by atoms with Crippen molar-refractivity contribution in [3.8, 4) is 11.5 Å². The van der Waals surface area contributed by atoms with E-state index < -0.39 is 6.10 Å². The molecule has 1 aromatic heterocycles. The van der Waals surface area contributed by atoms with E-state index in [0.717, 1.165) is 22.2 Å². The van der Waals surface area contributed by atoms with Crippen LogP contribution in [0.3, 0.4) is 0 Å². The van der Waals surface area contributed by atoms with Crippen molar-refractivity contribution in [2.75, 3.05) is 20.8 Å². The zero-order valence-corrected chi connectivity index (χ0v) is 15.7. The Balaban J connectivity index is 1.73. The molecule has 0 amide bonds. The van der Waals surface area contributed by atoms with E-state index in [1.54, 1.807) is 30.4 Å². The quantitative estimate of drug-likeness (QED) is 0.760. The van der Waals surface area contributed by atoms with Crippen LogP contribution in [0.25, 0.3) is 11.0 Å².